The Morgan fingerprint density at radius 1 is 0.700 bits per heavy atom. The Morgan fingerprint density at radius 2 is 1.13 bits per heavy atom. The van der Waals surface area contributed by atoms with Crippen LogP contribution in [0, 0.1) is 0 Å². The van der Waals surface area contributed by atoms with E-state index in [1.54, 1.807) is 0 Å². The molecule has 0 radical (unpaired) electrons. The molecule has 30 heavy (non-hydrogen) atoms. The minimum atomic E-state index is -1.29. The van der Waals surface area contributed by atoms with E-state index in [0.29, 0.717) is 11.1 Å². The van der Waals surface area contributed by atoms with Gasteiger partial charge in [0.15, 0.2) is 0 Å². The highest BCUT2D eigenvalue weighted by Gasteiger charge is 2.46. The van der Waals surface area contributed by atoms with Crippen molar-refractivity contribution < 1.29 is 14.3 Å². The number of unbranched alkanes of at least 4 members (excludes halogenated alkanes) is 13. The van der Waals surface area contributed by atoms with E-state index in [1.807, 2.05) is 37.3 Å². The van der Waals surface area contributed by atoms with Gasteiger partial charge in [-0.05, 0) is 31.9 Å². The van der Waals surface area contributed by atoms with Crippen LogP contribution in [0.2, 0.25) is 0 Å². The highest BCUT2D eigenvalue weighted by Crippen LogP contribution is 2.32. The Bertz CT molecular complexity index is 517. The monoisotopic (exact) mass is 420 g/mol. The number of aliphatic hydroxyl groups is 1. The predicted molar refractivity (Wildman–Crippen MR) is 129 cm³/mol. The van der Waals surface area contributed by atoms with E-state index in [9.17, 15) is 5.11 Å². The minimum absolute atomic E-state index is 0.434. The molecule has 0 aromatic heterocycles. The van der Waals surface area contributed by atoms with E-state index in [0.717, 1.165) is 18.5 Å². The van der Waals surface area contributed by atoms with Crippen molar-refractivity contribution in [1.82, 2.24) is 0 Å². The van der Waals surface area contributed by atoms with Gasteiger partial charge in [-0.15, -0.1) is 0 Å². The lowest BCUT2D eigenvalue weighted by Gasteiger charge is -2.43. The van der Waals surface area contributed by atoms with Gasteiger partial charge in [0.2, 0.25) is 0 Å². The third-order valence-corrected chi connectivity index (χ3v) is 6.39. The van der Waals surface area contributed by atoms with Crippen molar-refractivity contribution in [2.45, 2.75) is 110 Å². The van der Waals surface area contributed by atoms with Crippen LogP contribution in [0.5, 0.6) is 0 Å². The number of nitrogens with zero attached hydrogens (tertiary/aromatic N) is 1. The number of hydrogen-bond donors (Lipinski definition) is 1. The van der Waals surface area contributed by atoms with Gasteiger partial charge in [0, 0.05) is 0 Å². The van der Waals surface area contributed by atoms with E-state index >= 15 is 0 Å². The van der Waals surface area contributed by atoms with Crippen LogP contribution in [0.15, 0.2) is 30.3 Å². The lowest BCUT2D eigenvalue weighted by molar-refractivity contribution is -1.01. The van der Waals surface area contributed by atoms with Crippen LogP contribution in [-0.4, -0.2) is 36.8 Å². The van der Waals surface area contributed by atoms with E-state index in [-0.39, 0.29) is 0 Å². The summed E-state index contributed by atoms with van der Waals surface area (Å²) in [7, 11) is 4.15. The number of hydrogen-bond acceptors (Lipinski definition) is 2. The summed E-state index contributed by atoms with van der Waals surface area (Å²) in [6.45, 7) is 5.63. The van der Waals surface area contributed by atoms with Crippen LogP contribution >= 0.6 is 0 Å². The Hall–Kier alpha value is -0.900. The molecule has 0 amide bonds. The van der Waals surface area contributed by atoms with Crippen LogP contribution in [0.3, 0.4) is 0 Å². The maximum atomic E-state index is 11.4. The largest absolute Gasteiger partial charge is 0.344 e. The molecule has 0 saturated carbocycles. The molecule has 1 unspecified atom stereocenters. The second-order valence-corrected chi connectivity index (χ2v) is 9.41. The lowest BCUT2D eigenvalue weighted by atomic mass is 10.0. The molecule has 3 heteroatoms. The number of rotatable bonds is 19. The van der Waals surface area contributed by atoms with Gasteiger partial charge in [0.1, 0.15) is 0 Å². The first kappa shape index (κ1) is 27.1. The first-order chi connectivity index (χ1) is 14.5. The van der Waals surface area contributed by atoms with Crippen LogP contribution in [0.1, 0.15) is 109 Å². The predicted octanol–water partition coefficient (Wildman–Crippen LogP) is 7.38. The fourth-order valence-corrected chi connectivity index (χ4v) is 4.32. The molecule has 0 heterocycles. The molecule has 1 atom stereocenters. The van der Waals surface area contributed by atoms with Gasteiger partial charge in [-0.1, -0.05) is 102 Å². The van der Waals surface area contributed by atoms with Crippen molar-refractivity contribution in [3.63, 3.8) is 0 Å². The van der Waals surface area contributed by atoms with Crippen molar-refractivity contribution in [1.29, 1.82) is 0 Å². The van der Waals surface area contributed by atoms with Crippen molar-refractivity contribution in [2.24, 2.45) is 0 Å². The molecule has 1 rings (SSSR count). The molecule has 174 valence electrons. The summed E-state index contributed by atoms with van der Waals surface area (Å²) in [5.74, 6) is -1.29. The van der Waals surface area contributed by atoms with Gasteiger partial charge in [-0.2, -0.15) is 0 Å². The molecular formula is C27H50NO2+. The highest BCUT2D eigenvalue weighted by atomic mass is 16.7. The van der Waals surface area contributed by atoms with E-state index in [2.05, 4.69) is 21.0 Å². The van der Waals surface area contributed by atoms with E-state index in [4.69, 9.17) is 4.74 Å². The Morgan fingerprint density at radius 3 is 1.57 bits per heavy atom. The molecule has 1 aromatic carbocycles. The average molecular weight is 421 g/mol. The summed E-state index contributed by atoms with van der Waals surface area (Å²) in [5, 5.41) is 11.4. The van der Waals surface area contributed by atoms with Crippen LogP contribution in [0.25, 0.3) is 0 Å². The average Bonchev–Trinajstić information content (AvgIpc) is 2.74. The highest BCUT2D eigenvalue weighted by molar-refractivity contribution is 5.18. The molecule has 0 spiro atoms. The van der Waals surface area contributed by atoms with Crippen LogP contribution in [0.4, 0.5) is 0 Å². The Balaban J connectivity index is 2.16. The smallest absolute Gasteiger partial charge is 0.315 e. The van der Waals surface area contributed by atoms with Crippen LogP contribution in [-0.2, 0) is 10.6 Å². The zero-order valence-corrected chi connectivity index (χ0v) is 20.5. The Labute approximate surface area is 187 Å². The fraction of sp³-hybridized carbons (Fsp3) is 0.778. The van der Waals surface area contributed by atoms with Crippen molar-refractivity contribution in [3.8, 4) is 0 Å². The molecular weight excluding hydrogens is 370 g/mol. The SMILES string of the molecule is CCCCCCCCCCCCCCCC[N+](C)(C)C(O)(OCC)c1ccccc1. The van der Waals surface area contributed by atoms with Crippen molar-refractivity contribution in [3.05, 3.63) is 35.9 Å². The second-order valence-electron chi connectivity index (χ2n) is 9.41. The summed E-state index contributed by atoms with van der Waals surface area (Å²) in [6, 6.07) is 9.82. The topological polar surface area (TPSA) is 29.5 Å². The van der Waals surface area contributed by atoms with E-state index in [1.165, 1.54) is 83.5 Å². The third kappa shape index (κ3) is 9.94. The maximum Gasteiger partial charge on any atom is 0.344 e. The number of ether oxygens (including phenoxy) is 1. The quantitative estimate of drug-likeness (QED) is 0.144. The van der Waals surface area contributed by atoms with Gasteiger partial charge in [0.05, 0.1) is 32.8 Å². The van der Waals surface area contributed by atoms with Crippen molar-refractivity contribution in [2.75, 3.05) is 27.2 Å². The first-order valence-electron chi connectivity index (χ1n) is 12.7. The summed E-state index contributed by atoms with van der Waals surface area (Å²) in [4.78, 5) is 0. The summed E-state index contributed by atoms with van der Waals surface area (Å²) >= 11 is 0. The van der Waals surface area contributed by atoms with Crippen molar-refractivity contribution >= 4 is 0 Å². The standard InChI is InChI=1S/C27H50NO2/c1-5-7-8-9-10-11-12-13-14-15-16-17-18-22-25-28(3,4)27(29,30-6-2)26-23-20-19-21-24-26/h19-21,23-24,29H,5-18,22,25H2,1-4H3/q+1. The molecule has 0 aliphatic heterocycles. The molecule has 0 fully saturated rings. The zero-order chi connectivity index (χ0) is 22.1. The molecule has 0 bridgehead atoms. The summed E-state index contributed by atoms with van der Waals surface area (Å²) in [6.07, 6.45) is 19.1. The van der Waals surface area contributed by atoms with Gasteiger partial charge < -0.3 is 5.11 Å². The Kier molecular flexibility index (Phi) is 14.3. The molecule has 0 aliphatic carbocycles. The normalized spacial score (nSPS) is 14.0. The van der Waals surface area contributed by atoms with Gasteiger partial charge >= 0.3 is 5.91 Å². The molecule has 1 aromatic rings. The number of quaternary nitrogens is 1. The second kappa shape index (κ2) is 15.8. The zero-order valence-electron chi connectivity index (χ0n) is 20.5. The molecule has 3 nitrogen and oxygen atoms in total. The number of benzene rings is 1. The minimum Gasteiger partial charge on any atom is -0.315 e. The maximum absolute atomic E-state index is 11.4. The fourth-order valence-electron chi connectivity index (χ4n) is 4.32. The molecule has 0 aliphatic rings. The van der Waals surface area contributed by atoms with Gasteiger partial charge in [-0.3, -0.25) is 9.22 Å². The molecule has 0 saturated heterocycles. The summed E-state index contributed by atoms with van der Waals surface area (Å²) in [5.41, 5.74) is 0.835. The molecule has 1 N–H and O–H groups in total. The van der Waals surface area contributed by atoms with Gasteiger partial charge in [-0.25, -0.2) is 0 Å². The van der Waals surface area contributed by atoms with Crippen LogP contribution < -0.4 is 0 Å². The summed E-state index contributed by atoms with van der Waals surface area (Å²) < 4.78 is 6.31. The third-order valence-electron chi connectivity index (χ3n) is 6.39. The lowest BCUT2D eigenvalue weighted by Crippen LogP contribution is -2.59. The van der Waals surface area contributed by atoms with E-state index < -0.39 is 5.91 Å². The first-order valence-corrected chi connectivity index (χ1v) is 12.7. The van der Waals surface area contributed by atoms with Gasteiger partial charge in [0.25, 0.3) is 0 Å².